The van der Waals surface area contributed by atoms with Crippen molar-refractivity contribution in [2.24, 2.45) is 5.92 Å². The second kappa shape index (κ2) is 13.2. The van der Waals surface area contributed by atoms with Crippen molar-refractivity contribution in [2.75, 3.05) is 0 Å². The van der Waals surface area contributed by atoms with Gasteiger partial charge in [0.15, 0.2) is 0 Å². The lowest BCUT2D eigenvalue weighted by Crippen LogP contribution is -2.58. The van der Waals surface area contributed by atoms with Crippen LogP contribution in [0.4, 0.5) is 0 Å². The summed E-state index contributed by atoms with van der Waals surface area (Å²) in [4.78, 5) is 59.4. The molecular weight excluding hydrogens is 495 g/mol. The van der Waals surface area contributed by atoms with E-state index in [9.17, 15) is 19.2 Å². The van der Waals surface area contributed by atoms with Crippen LogP contribution in [0.15, 0.2) is 48.9 Å². The van der Waals surface area contributed by atoms with Crippen molar-refractivity contribution in [2.45, 2.75) is 63.0 Å². The quantitative estimate of drug-likeness (QED) is 0.470. The minimum atomic E-state index is -1.30. The van der Waals surface area contributed by atoms with E-state index in [-0.39, 0.29) is 18.0 Å². The molecule has 2 heterocycles. The topological polar surface area (TPSA) is 137 Å². The molecule has 2 amide bonds. The van der Waals surface area contributed by atoms with E-state index < -0.39 is 53.4 Å². The molecule has 12 heteroatoms. The summed E-state index contributed by atoms with van der Waals surface area (Å²) in [6.07, 6.45) is 4.70. The minimum Gasteiger partial charge on any atom is -0.497 e. The molecule has 0 saturated carbocycles. The summed E-state index contributed by atoms with van der Waals surface area (Å²) >= 11 is 1.15. The molecule has 1 aliphatic rings. The van der Waals surface area contributed by atoms with Crippen LogP contribution in [0.2, 0.25) is 0 Å². The van der Waals surface area contributed by atoms with Crippen molar-refractivity contribution in [3.05, 3.63) is 60.2 Å². The Morgan fingerprint density at radius 1 is 1.03 bits per heavy atom. The van der Waals surface area contributed by atoms with Crippen molar-refractivity contribution in [3.63, 3.8) is 0 Å². The highest BCUT2D eigenvalue weighted by Gasteiger charge is 2.44. The first-order valence-corrected chi connectivity index (χ1v) is 13.1. The number of nitrogens with zero attached hydrogens (tertiary/aromatic N) is 2. The maximum absolute atomic E-state index is 13.5. The Morgan fingerprint density at radius 2 is 1.68 bits per heavy atom. The number of aromatic nitrogens is 2. The van der Waals surface area contributed by atoms with Crippen LogP contribution in [-0.4, -0.2) is 63.3 Å². The van der Waals surface area contributed by atoms with Gasteiger partial charge in [0.05, 0.1) is 22.6 Å². The monoisotopic (exact) mass is 526 g/mol. The standard InChI is InChI=1S/C25H31BN4O6S/c1-15(2)12-21(26-35-24(33)16(3)37-17(4)25(34)36-26)30-22(31)19(13-18-8-6-5-7-9-18)29-23(32)20-14-27-10-11-28-20/h5-11,14-17,19,21H,12-13H2,1-4H3,(H,29,32)(H,30,31)/t16-,17-,19+,21+/m1/s1. The number of carbonyl (C=O) groups excluding carboxylic acids is 4. The van der Waals surface area contributed by atoms with Crippen LogP contribution >= 0.6 is 11.8 Å². The Labute approximate surface area is 220 Å². The highest BCUT2D eigenvalue weighted by molar-refractivity contribution is 8.01. The van der Waals surface area contributed by atoms with E-state index in [1.807, 2.05) is 44.2 Å². The van der Waals surface area contributed by atoms with Crippen molar-refractivity contribution in [3.8, 4) is 0 Å². The van der Waals surface area contributed by atoms with Crippen LogP contribution in [0, 0.1) is 5.92 Å². The lowest BCUT2D eigenvalue weighted by molar-refractivity contribution is -0.141. The van der Waals surface area contributed by atoms with E-state index in [4.69, 9.17) is 9.31 Å². The molecule has 0 unspecified atom stereocenters. The van der Waals surface area contributed by atoms with Gasteiger partial charge in [0, 0.05) is 18.8 Å². The molecule has 1 aliphatic heterocycles. The Morgan fingerprint density at radius 3 is 2.24 bits per heavy atom. The van der Waals surface area contributed by atoms with Gasteiger partial charge in [0.1, 0.15) is 11.7 Å². The molecule has 1 aromatic heterocycles. The summed E-state index contributed by atoms with van der Waals surface area (Å²) in [6, 6.07) is 8.24. The molecule has 2 N–H and O–H groups in total. The summed E-state index contributed by atoms with van der Waals surface area (Å²) in [6.45, 7) is 7.19. The molecule has 1 saturated heterocycles. The third kappa shape index (κ3) is 8.31. The summed E-state index contributed by atoms with van der Waals surface area (Å²) in [5, 5.41) is 4.45. The molecule has 1 aromatic carbocycles. The zero-order chi connectivity index (χ0) is 26.9. The molecule has 3 rings (SSSR count). The SMILES string of the molecule is CC(C)C[C@H](NC(=O)[C@H](Cc1ccccc1)NC(=O)c1cnccn1)B1OC(=O)[C@@H](C)S[C@H](C)C(=O)O1. The lowest BCUT2D eigenvalue weighted by Gasteiger charge is -2.30. The summed E-state index contributed by atoms with van der Waals surface area (Å²) < 4.78 is 11.0. The molecule has 0 aliphatic carbocycles. The molecule has 2 aromatic rings. The fourth-order valence-electron chi connectivity index (χ4n) is 3.76. The zero-order valence-corrected chi connectivity index (χ0v) is 22.1. The second-order valence-electron chi connectivity index (χ2n) is 9.21. The van der Waals surface area contributed by atoms with Gasteiger partial charge in [-0.05, 0) is 31.7 Å². The van der Waals surface area contributed by atoms with E-state index in [1.165, 1.54) is 18.6 Å². The van der Waals surface area contributed by atoms with Gasteiger partial charge in [-0.3, -0.25) is 24.2 Å². The fourth-order valence-corrected chi connectivity index (χ4v) is 4.71. The number of amides is 2. The van der Waals surface area contributed by atoms with Gasteiger partial charge in [-0.1, -0.05) is 44.2 Å². The van der Waals surface area contributed by atoms with Crippen LogP contribution in [0.5, 0.6) is 0 Å². The molecule has 196 valence electrons. The molecule has 1 fully saturated rings. The van der Waals surface area contributed by atoms with E-state index in [0.29, 0.717) is 6.42 Å². The molecule has 0 radical (unpaired) electrons. The molecule has 0 spiro atoms. The summed E-state index contributed by atoms with van der Waals surface area (Å²) in [5.41, 5.74) is 0.890. The number of benzene rings is 1. The van der Waals surface area contributed by atoms with Gasteiger partial charge < -0.3 is 19.9 Å². The Hall–Kier alpha value is -3.41. The van der Waals surface area contributed by atoms with Crippen LogP contribution in [0.3, 0.4) is 0 Å². The van der Waals surface area contributed by atoms with Crippen molar-refractivity contribution in [1.82, 2.24) is 20.6 Å². The minimum absolute atomic E-state index is 0.0652. The van der Waals surface area contributed by atoms with Gasteiger partial charge in [0.2, 0.25) is 5.91 Å². The third-order valence-corrected chi connectivity index (χ3v) is 6.82. The Bertz CT molecular complexity index is 1070. The predicted octanol–water partition coefficient (Wildman–Crippen LogP) is 1.99. The van der Waals surface area contributed by atoms with Crippen molar-refractivity contribution in [1.29, 1.82) is 0 Å². The van der Waals surface area contributed by atoms with Crippen LogP contribution in [0.1, 0.15) is 50.2 Å². The molecule has 4 atom stereocenters. The van der Waals surface area contributed by atoms with Crippen LogP contribution in [-0.2, 0) is 30.1 Å². The van der Waals surface area contributed by atoms with E-state index in [2.05, 4.69) is 20.6 Å². The van der Waals surface area contributed by atoms with Gasteiger partial charge in [0.25, 0.3) is 5.91 Å². The third-order valence-electron chi connectivity index (χ3n) is 5.62. The average molecular weight is 526 g/mol. The van der Waals surface area contributed by atoms with Gasteiger partial charge in [-0.15, -0.1) is 11.8 Å². The second-order valence-corrected chi connectivity index (χ2v) is 10.9. The first kappa shape index (κ1) is 28.2. The maximum atomic E-state index is 13.5. The van der Waals surface area contributed by atoms with E-state index in [1.54, 1.807) is 13.8 Å². The van der Waals surface area contributed by atoms with Crippen molar-refractivity contribution < 1.29 is 28.5 Å². The molecule has 10 nitrogen and oxygen atoms in total. The normalized spacial score (nSPS) is 19.6. The molecule has 0 bridgehead atoms. The number of nitrogens with one attached hydrogen (secondary N) is 2. The Balaban J connectivity index is 1.84. The van der Waals surface area contributed by atoms with Crippen LogP contribution < -0.4 is 10.6 Å². The molecule has 37 heavy (non-hydrogen) atoms. The van der Waals surface area contributed by atoms with Crippen LogP contribution in [0.25, 0.3) is 0 Å². The number of thioether (sulfide) groups is 1. The highest BCUT2D eigenvalue weighted by atomic mass is 32.2. The molecular formula is C25H31BN4O6S. The maximum Gasteiger partial charge on any atom is 0.622 e. The number of hydrogen-bond acceptors (Lipinski definition) is 9. The zero-order valence-electron chi connectivity index (χ0n) is 21.2. The van der Waals surface area contributed by atoms with E-state index >= 15 is 0 Å². The number of rotatable bonds is 9. The summed E-state index contributed by atoms with van der Waals surface area (Å²) in [5.74, 6) is -2.90. The number of carbonyl (C=O) groups is 4. The van der Waals surface area contributed by atoms with Gasteiger partial charge in [-0.2, -0.15) is 0 Å². The van der Waals surface area contributed by atoms with Crippen molar-refractivity contribution >= 4 is 42.6 Å². The lowest BCUT2D eigenvalue weighted by atomic mass is 9.73. The Kier molecular flexibility index (Phi) is 10.1. The average Bonchev–Trinajstić information content (AvgIpc) is 2.87. The highest BCUT2D eigenvalue weighted by Crippen LogP contribution is 2.24. The smallest absolute Gasteiger partial charge is 0.497 e. The predicted molar refractivity (Wildman–Crippen MR) is 139 cm³/mol. The largest absolute Gasteiger partial charge is 0.622 e. The number of hydrogen-bond donors (Lipinski definition) is 2. The summed E-state index contributed by atoms with van der Waals surface area (Å²) in [7, 11) is -1.30. The van der Waals surface area contributed by atoms with E-state index in [0.717, 1.165) is 17.3 Å². The van der Waals surface area contributed by atoms with Gasteiger partial charge in [-0.25, -0.2) is 4.98 Å². The first-order valence-electron chi connectivity index (χ1n) is 12.1. The fraction of sp³-hybridized carbons (Fsp3) is 0.440. The first-order chi connectivity index (χ1) is 17.6. The van der Waals surface area contributed by atoms with Gasteiger partial charge >= 0.3 is 19.1 Å².